The summed E-state index contributed by atoms with van der Waals surface area (Å²) in [6.07, 6.45) is 13.2. The lowest BCUT2D eigenvalue weighted by Gasteiger charge is -2.12. The van der Waals surface area contributed by atoms with Crippen molar-refractivity contribution in [3.05, 3.63) is 101 Å². The van der Waals surface area contributed by atoms with Crippen LogP contribution in [-0.4, -0.2) is 18.2 Å². The Morgan fingerprint density at radius 2 is 1.44 bits per heavy atom. The second-order valence-corrected chi connectivity index (χ2v) is 9.87. The third-order valence-electron chi connectivity index (χ3n) is 6.56. The molecule has 0 radical (unpaired) electrons. The molecule has 0 heterocycles. The topological polar surface area (TPSA) is 44.3 Å². The number of nitrogens with one attached hydrogen (secondary N) is 2. The summed E-state index contributed by atoms with van der Waals surface area (Å²) in [6, 6.07) is 16.2. The first-order chi connectivity index (χ1) is 18.9. The van der Waals surface area contributed by atoms with E-state index >= 15 is 0 Å². The van der Waals surface area contributed by atoms with Gasteiger partial charge in [0.1, 0.15) is 5.75 Å². The lowest BCUT2D eigenvalue weighted by Crippen LogP contribution is -2.19. The van der Waals surface area contributed by atoms with Crippen LogP contribution in [0.2, 0.25) is 0 Å². The molecule has 2 aromatic carbocycles. The fourth-order valence-electron chi connectivity index (χ4n) is 3.80. The van der Waals surface area contributed by atoms with Crippen LogP contribution in [-0.2, 0) is 19.5 Å². The standard InChI is InChI=1S/C31H44N2O.C3H8.C2H6/c1-5-25(3)26(4)14-15-27(6-2)20-22-33-24-30-13-8-7-12-29(30)23-32-21-10-9-11-28-16-18-31(34)19-17-28;1-3-2;1-2/h6-8,12-19,25,32-34H,2,5,9-11,20-24H2,1,3-4H3;3H2,1-2H3;1-2H3/b26-14+,27-15+;;. The van der Waals surface area contributed by atoms with E-state index in [1.165, 1.54) is 40.7 Å². The molecule has 3 N–H and O–H groups in total. The summed E-state index contributed by atoms with van der Waals surface area (Å²) >= 11 is 0. The van der Waals surface area contributed by atoms with Gasteiger partial charge in [-0.3, -0.25) is 0 Å². The van der Waals surface area contributed by atoms with Crippen molar-refractivity contribution in [2.75, 3.05) is 13.1 Å². The van der Waals surface area contributed by atoms with Gasteiger partial charge in [-0.2, -0.15) is 0 Å². The molecule has 3 nitrogen and oxygen atoms in total. The van der Waals surface area contributed by atoms with E-state index in [9.17, 15) is 5.11 Å². The third kappa shape index (κ3) is 17.6. The van der Waals surface area contributed by atoms with Crippen LogP contribution >= 0.6 is 0 Å². The fourth-order valence-corrected chi connectivity index (χ4v) is 3.80. The van der Waals surface area contributed by atoms with Crippen molar-refractivity contribution in [2.24, 2.45) is 5.92 Å². The molecule has 0 aliphatic heterocycles. The van der Waals surface area contributed by atoms with Gasteiger partial charge in [0.15, 0.2) is 0 Å². The van der Waals surface area contributed by atoms with E-state index < -0.39 is 0 Å². The first-order valence-corrected chi connectivity index (χ1v) is 15.2. The predicted octanol–water partition coefficient (Wildman–Crippen LogP) is 9.53. The van der Waals surface area contributed by atoms with E-state index in [0.29, 0.717) is 11.7 Å². The Hall–Kier alpha value is -2.62. The van der Waals surface area contributed by atoms with E-state index in [4.69, 9.17) is 0 Å². The van der Waals surface area contributed by atoms with Gasteiger partial charge < -0.3 is 15.7 Å². The van der Waals surface area contributed by atoms with E-state index in [0.717, 1.165) is 51.9 Å². The number of phenolic OH excluding ortho intramolecular Hbond substituents is 1. The van der Waals surface area contributed by atoms with Crippen molar-refractivity contribution in [1.29, 1.82) is 0 Å². The monoisotopic (exact) mass is 534 g/mol. The number of rotatable bonds is 16. The van der Waals surface area contributed by atoms with Gasteiger partial charge in [0, 0.05) is 13.1 Å². The van der Waals surface area contributed by atoms with E-state index in [-0.39, 0.29) is 0 Å². The Kier molecular flexibility index (Phi) is 22.8. The van der Waals surface area contributed by atoms with Crippen LogP contribution < -0.4 is 10.6 Å². The maximum Gasteiger partial charge on any atom is 0.115 e. The smallest absolute Gasteiger partial charge is 0.115 e. The number of hydrogen-bond acceptors (Lipinski definition) is 3. The Labute approximate surface area is 241 Å². The molecule has 0 bridgehead atoms. The molecular formula is C36H58N2O. The molecule has 0 aliphatic carbocycles. The van der Waals surface area contributed by atoms with Crippen LogP contribution in [0.3, 0.4) is 0 Å². The Balaban J connectivity index is 0.00000269. The van der Waals surface area contributed by atoms with Gasteiger partial charge in [-0.05, 0) is 92.4 Å². The van der Waals surface area contributed by atoms with Crippen LogP contribution in [0.15, 0.2) is 84.5 Å². The molecule has 39 heavy (non-hydrogen) atoms. The highest BCUT2D eigenvalue weighted by molar-refractivity contribution is 5.28. The maximum absolute atomic E-state index is 9.37. The molecule has 0 saturated heterocycles. The van der Waals surface area contributed by atoms with Gasteiger partial charge in [-0.1, -0.05) is 115 Å². The molecule has 0 aliphatic rings. The van der Waals surface area contributed by atoms with Crippen molar-refractivity contribution in [3.8, 4) is 5.75 Å². The summed E-state index contributed by atoms with van der Waals surface area (Å²) in [5, 5.41) is 16.6. The summed E-state index contributed by atoms with van der Waals surface area (Å²) in [5.41, 5.74) is 6.70. The largest absolute Gasteiger partial charge is 0.508 e. The number of phenols is 1. The fraction of sp³-hybridized carbons (Fsp3) is 0.500. The zero-order valence-electron chi connectivity index (χ0n) is 26.2. The molecule has 1 atom stereocenters. The number of hydrogen-bond donors (Lipinski definition) is 3. The minimum atomic E-state index is 0.334. The first kappa shape index (κ1) is 36.4. The highest BCUT2D eigenvalue weighted by atomic mass is 16.3. The Morgan fingerprint density at radius 1 is 0.872 bits per heavy atom. The second kappa shape index (κ2) is 24.4. The zero-order valence-corrected chi connectivity index (χ0v) is 26.2. The number of aromatic hydroxyl groups is 1. The summed E-state index contributed by atoms with van der Waals surface area (Å²) in [5.74, 6) is 0.963. The minimum absolute atomic E-state index is 0.334. The van der Waals surface area contributed by atoms with Crippen molar-refractivity contribution in [2.45, 2.75) is 100 Å². The molecule has 0 aromatic heterocycles. The van der Waals surface area contributed by atoms with Crippen molar-refractivity contribution in [1.82, 2.24) is 10.6 Å². The second-order valence-electron chi connectivity index (χ2n) is 9.87. The van der Waals surface area contributed by atoms with Gasteiger partial charge in [0.25, 0.3) is 0 Å². The van der Waals surface area contributed by atoms with E-state index in [1.54, 1.807) is 12.1 Å². The predicted molar refractivity (Wildman–Crippen MR) is 174 cm³/mol. The van der Waals surface area contributed by atoms with Gasteiger partial charge in [-0.25, -0.2) is 0 Å². The van der Waals surface area contributed by atoms with Crippen molar-refractivity contribution < 1.29 is 5.11 Å². The molecule has 0 saturated carbocycles. The average Bonchev–Trinajstić information content (AvgIpc) is 2.96. The van der Waals surface area contributed by atoms with Gasteiger partial charge in [0.05, 0.1) is 0 Å². The normalized spacial score (nSPS) is 12.1. The molecule has 218 valence electrons. The van der Waals surface area contributed by atoms with Crippen molar-refractivity contribution in [3.63, 3.8) is 0 Å². The molecule has 1 unspecified atom stereocenters. The van der Waals surface area contributed by atoms with Gasteiger partial charge >= 0.3 is 0 Å². The summed E-state index contributed by atoms with van der Waals surface area (Å²) < 4.78 is 0. The summed E-state index contributed by atoms with van der Waals surface area (Å²) in [6.45, 7) is 22.7. The van der Waals surface area contributed by atoms with Crippen LogP contribution in [0, 0.1) is 5.92 Å². The van der Waals surface area contributed by atoms with Gasteiger partial charge in [0.2, 0.25) is 0 Å². The van der Waals surface area contributed by atoms with E-state index in [1.807, 2.05) is 32.1 Å². The lowest BCUT2D eigenvalue weighted by molar-refractivity contribution is 0.475. The van der Waals surface area contributed by atoms with Crippen LogP contribution in [0.1, 0.15) is 97.3 Å². The first-order valence-electron chi connectivity index (χ1n) is 15.2. The van der Waals surface area contributed by atoms with Crippen LogP contribution in [0.25, 0.3) is 0 Å². The van der Waals surface area contributed by atoms with Crippen molar-refractivity contribution >= 4 is 0 Å². The average molecular weight is 535 g/mol. The van der Waals surface area contributed by atoms with Crippen LogP contribution in [0.5, 0.6) is 5.75 Å². The Morgan fingerprint density at radius 3 is 1.97 bits per heavy atom. The van der Waals surface area contributed by atoms with E-state index in [2.05, 4.69) is 88.2 Å². The molecule has 0 spiro atoms. The summed E-state index contributed by atoms with van der Waals surface area (Å²) in [7, 11) is 0. The summed E-state index contributed by atoms with van der Waals surface area (Å²) in [4.78, 5) is 0. The molecule has 3 heteroatoms. The quantitative estimate of drug-likeness (QED) is 0.148. The molecule has 2 rings (SSSR count). The maximum atomic E-state index is 9.37. The third-order valence-corrected chi connectivity index (χ3v) is 6.56. The number of aryl methyl sites for hydroxylation is 1. The number of benzene rings is 2. The molecule has 0 amide bonds. The lowest BCUT2D eigenvalue weighted by atomic mass is 9.99. The highest BCUT2D eigenvalue weighted by Gasteiger charge is 2.03. The highest BCUT2D eigenvalue weighted by Crippen LogP contribution is 2.15. The Bertz CT molecular complexity index is 927. The zero-order chi connectivity index (χ0) is 29.3. The SMILES string of the molecule is C=C/C(=C\C=C(/C)C(C)CC)CCNCc1ccccc1CNCCCCc1ccc(O)cc1.CC.CCC. The van der Waals surface area contributed by atoms with Gasteiger partial charge in [-0.15, -0.1) is 0 Å². The molecule has 0 fully saturated rings. The van der Waals surface area contributed by atoms with Crippen LogP contribution in [0.4, 0.5) is 0 Å². The molecular weight excluding hydrogens is 476 g/mol. The number of unbranched alkanes of at least 4 members (excludes halogenated alkanes) is 1. The molecule has 2 aromatic rings. The number of allylic oxidation sites excluding steroid dienone is 4. The minimum Gasteiger partial charge on any atom is -0.508 e.